The molecule has 30 heavy (non-hydrogen) atoms. The van der Waals surface area contributed by atoms with Crippen molar-refractivity contribution in [3.63, 3.8) is 0 Å². The van der Waals surface area contributed by atoms with Crippen LogP contribution in [0.25, 0.3) is 16.6 Å². The van der Waals surface area contributed by atoms with E-state index in [-0.39, 0.29) is 11.2 Å². The van der Waals surface area contributed by atoms with Crippen LogP contribution in [0.2, 0.25) is 0 Å². The molecule has 0 aliphatic rings. The van der Waals surface area contributed by atoms with Crippen LogP contribution < -0.4 is 10.5 Å². The minimum atomic E-state index is -0.234. The van der Waals surface area contributed by atoms with Crippen molar-refractivity contribution in [3.8, 4) is 5.69 Å². The number of nitrogens with two attached hydrogens (primary N) is 1. The first-order valence-electron chi connectivity index (χ1n) is 9.67. The second-order valence-electron chi connectivity index (χ2n) is 8.26. The van der Waals surface area contributed by atoms with Crippen LogP contribution in [0, 0.1) is 12.7 Å². The summed E-state index contributed by atoms with van der Waals surface area (Å²) in [5.41, 5.74) is 8.87. The molecule has 4 aromatic rings. The highest BCUT2D eigenvalue weighted by atomic mass is 32.2. The minimum absolute atomic E-state index is 0.197. The van der Waals surface area contributed by atoms with Crippen LogP contribution in [0.15, 0.2) is 59.5 Å². The number of nitrogen functional groups attached to an aromatic ring is 1. The van der Waals surface area contributed by atoms with Gasteiger partial charge >= 0.3 is 0 Å². The Labute approximate surface area is 179 Å². The van der Waals surface area contributed by atoms with Crippen molar-refractivity contribution in [2.45, 2.75) is 38.0 Å². The number of fused-ring (bicyclic) bond motifs is 1. The maximum Gasteiger partial charge on any atom is 0.140 e. The van der Waals surface area contributed by atoms with E-state index in [0.29, 0.717) is 11.4 Å². The Bertz CT molecular complexity index is 1230. The Balaban J connectivity index is 1.65. The van der Waals surface area contributed by atoms with E-state index in [0.717, 1.165) is 33.0 Å². The predicted octanol–water partition coefficient (Wildman–Crippen LogP) is 5.87. The van der Waals surface area contributed by atoms with Gasteiger partial charge in [-0.1, -0.05) is 32.9 Å². The van der Waals surface area contributed by atoms with Gasteiger partial charge in [0.15, 0.2) is 0 Å². The number of halogens is 1. The van der Waals surface area contributed by atoms with E-state index in [1.54, 1.807) is 12.1 Å². The first-order chi connectivity index (χ1) is 14.2. The van der Waals surface area contributed by atoms with Gasteiger partial charge in [-0.2, -0.15) is 5.10 Å². The van der Waals surface area contributed by atoms with E-state index in [9.17, 15) is 4.39 Å². The lowest BCUT2D eigenvalue weighted by atomic mass is 9.87. The molecule has 0 aliphatic heterocycles. The highest BCUT2D eigenvalue weighted by Crippen LogP contribution is 2.31. The number of rotatable bonds is 4. The van der Waals surface area contributed by atoms with Crippen molar-refractivity contribution in [1.82, 2.24) is 14.8 Å². The second kappa shape index (κ2) is 7.65. The topological polar surface area (TPSA) is 68.8 Å². The molecule has 0 bridgehead atoms. The Morgan fingerprint density at radius 1 is 1.07 bits per heavy atom. The number of anilines is 2. The lowest BCUT2D eigenvalue weighted by Gasteiger charge is -2.20. The number of aromatic nitrogens is 3. The van der Waals surface area contributed by atoms with Gasteiger partial charge < -0.3 is 10.5 Å². The molecule has 0 fully saturated rings. The summed E-state index contributed by atoms with van der Waals surface area (Å²) in [5, 5.41) is 5.59. The lowest BCUT2D eigenvalue weighted by molar-refractivity contribution is 0.521. The molecule has 0 amide bonds. The second-order valence-corrected chi connectivity index (χ2v) is 9.14. The maximum atomic E-state index is 14.6. The molecule has 0 atom stereocenters. The van der Waals surface area contributed by atoms with Crippen LogP contribution in [0.3, 0.4) is 0 Å². The van der Waals surface area contributed by atoms with Gasteiger partial charge in [0.2, 0.25) is 0 Å². The van der Waals surface area contributed by atoms with Crippen LogP contribution in [0.5, 0.6) is 0 Å². The molecule has 5 nitrogen and oxygen atoms in total. The summed E-state index contributed by atoms with van der Waals surface area (Å²) in [6, 6.07) is 16.9. The fourth-order valence-corrected chi connectivity index (χ4v) is 4.04. The third-order valence-electron chi connectivity index (χ3n) is 4.81. The van der Waals surface area contributed by atoms with Crippen LogP contribution >= 0.6 is 11.9 Å². The zero-order valence-electron chi connectivity index (χ0n) is 17.4. The van der Waals surface area contributed by atoms with Crippen LogP contribution in [-0.4, -0.2) is 14.8 Å². The standard InChI is InChI=1S/C23H24FN5S/c1-14-12-22(28-30-15-8-10-17(18(24)13-15)23(2,3)4)29(27-14)20-7-5-6-19-16(20)9-11-21(25)26-19/h5-13,28H,1-4H3,(H2,25,26). The zero-order chi connectivity index (χ0) is 21.5. The van der Waals surface area contributed by atoms with E-state index in [1.807, 2.05) is 74.8 Å². The number of hydrogen-bond donors (Lipinski definition) is 2. The first kappa shape index (κ1) is 20.2. The van der Waals surface area contributed by atoms with Gasteiger partial charge in [-0.05, 0) is 66.2 Å². The molecule has 0 radical (unpaired) electrons. The molecule has 2 aromatic heterocycles. The van der Waals surface area contributed by atoms with E-state index in [4.69, 9.17) is 5.73 Å². The quantitative estimate of drug-likeness (QED) is 0.404. The number of pyridine rings is 1. The summed E-state index contributed by atoms with van der Waals surface area (Å²) < 4.78 is 19.7. The highest BCUT2D eigenvalue weighted by molar-refractivity contribution is 8.00. The molecular weight excluding hydrogens is 397 g/mol. The maximum absolute atomic E-state index is 14.6. The van der Waals surface area contributed by atoms with Gasteiger partial charge in [-0.3, -0.25) is 0 Å². The number of aryl methyl sites for hydroxylation is 1. The fourth-order valence-electron chi connectivity index (χ4n) is 3.37. The molecule has 0 spiro atoms. The van der Waals surface area contributed by atoms with Gasteiger partial charge in [0.1, 0.15) is 17.5 Å². The molecule has 0 saturated carbocycles. The summed E-state index contributed by atoms with van der Waals surface area (Å²) in [6.45, 7) is 7.95. The van der Waals surface area contributed by atoms with Gasteiger partial charge in [-0.25, -0.2) is 14.1 Å². The van der Waals surface area contributed by atoms with Crippen molar-refractivity contribution >= 4 is 34.5 Å². The van der Waals surface area contributed by atoms with Gasteiger partial charge in [0.05, 0.1) is 16.9 Å². The van der Waals surface area contributed by atoms with E-state index < -0.39 is 0 Å². The van der Waals surface area contributed by atoms with Crippen molar-refractivity contribution < 1.29 is 4.39 Å². The van der Waals surface area contributed by atoms with Crippen molar-refractivity contribution in [1.29, 1.82) is 0 Å². The van der Waals surface area contributed by atoms with Crippen LogP contribution in [0.1, 0.15) is 32.0 Å². The molecule has 2 aromatic carbocycles. The van der Waals surface area contributed by atoms with Crippen molar-refractivity contribution in [2.75, 3.05) is 10.5 Å². The summed E-state index contributed by atoms with van der Waals surface area (Å²) in [5.74, 6) is 1.07. The highest BCUT2D eigenvalue weighted by Gasteiger charge is 2.19. The van der Waals surface area contributed by atoms with Crippen molar-refractivity contribution in [3.05, 3.63) is 71.7 Å². The molecule has 7 heteroatoms. The SMILES string of the molecule is Cc1cc(NSc2ccc(C(C)(C)C)c(F)c2)n(-c2cccc3nc(N)ccc23)n1. The Morgan fingerprint density at radius 2 is 1.87 bits per heavy atom. The molecular formula is C23H24FN5S. The third-order valence-corrected chi connectivity index (χ3v) is 5.61. The van der Waals surface area contributed by atoms with Crippen LogP contribution in [-0.2, 0) is 5.41 Å². The third kappa shape index (κ3) is 3.98. The molecule has 3 N–H and O–H groups in total. The van der Waals surface area contributed by atoms with Gasteiger partial charge in [0.25, 0.3) is 0 Å². The average Bonchev–Trinajstić information content (AvgIpc) is 3.05. The zero-order valence-corrected chi connectivity index (χ0v) is 18.2. The van der Waals surface area contributed by atoms with Crippen LogP contribution in [0.4, 0.5) is 16.0 Å². The lowest BCUT2D eigenvalue weighted by Crippen LogP contribution is -2.13. The molecule has 0 unspecified atom stereocenters. The summed E-state index contributed by atoms with van der Waals surface area (Å²) in [7, 11) is 0. The minimum Gasteiger partial charge on any atom is -0.384 e. The number of benzene rings is 2. The summed E-state index contributed by atoms with van der Waals surface area (Å²) in [4.78, 5) is 5.19. The molecule has 154 valence electrons. The number of hydrogen-bond acceptors (Lipinski definition) is 5. The summed E-state index contributed by atoms with van der Waals surface area (Å²) in [6.07, 6.45) is 0. The molecule has 4 rings (SSSR count). The summed E-state index contributed by atoms with van der Waals surface area (Å²) >= 11 is 1.35. The first-order valence-corrected chi connectivity index (χ1v) is 10.5. The monoisotopic (exact) mass is 421 g/mol. The van der Waals surface area contributed by atoms with Crippen molar-refractivity contribution in [2.24, 2.45) is 0 Å². The average molecular weight is 422 g/mol. The Hall–Kier alpha value is -3.06. The Morgan fingerprint density at radius 3 is 2.60 bits per heavy atom. The van der Waals surface area contributed by atoms with Gasteiger partial charge in [-0.15, -0.1) is 0 Å². The van der Waals surface area contributed by atoms with E-state index in [2.05, 4.69) is 14.8 Å². The Kier molecular flexibility index (Phi) is 5.15. The van der Waals surface area contributed by atoms with Gasteiger partial charge in [0, 0.05) is 16.3 Å². The molecule has 2 heterocycles. The number of nitrogens with zero attached hydrogens (tertiary/aromatic N) is 3. The predicted molar refractivity (Wildman–Crippen MR) is 123 cm³/mol. The van der Waals surface area contributed by atoms with E-state index >= 15 is 0 Å². The normalized spacial score (nSPS) is 11.8. The fraction of sp³-hybridized carbons (Fsp3) is 0.217. The molecule has 0 saturated heterocycles. The van der Waals surface area contributed by atoms with E-state index in [1.165, 1.54) is 11.9 Å². The smallest absolute Gasteiger partial charge is 0.140 e. The largest absolute Gasteiger partial charge is 0.384 e. The number of nitrogens with one attached hydrogen (secondary N) is 1. The molecule has 0 aliphatic carbocycles.